The molecule has 0 radical (unpaired) electrons. The molecule has 0 aromatic carbocycles. The van der Waals surface area contributed by atoms with Gasteiger partial charge in [0.05, 0.1) is 5.92 Å². The fourth-order valence-corrected chi connectivity index (χ4v) is 5.24. The smallest absolute Gasteiger partial charge is 0.281 e. The van der Waals surface area contributed by atoms with E-state index >= 15 is 0 Å². The number of hydrogen-bond acceptors (Lipinski definition) is 4. The molecule has 2 heterocycles. The van der Waals surface area contributed by atoms with Crippen LogP contribution in [0, 0.1) is 5.92 Å². The van der Waals surface area contributed by atoms with Gasteiger partial charge in [0, 0.05) is 46.3 Å². The Balaban J connectivity index is 1.74. The van der Waals surface area contributed by atoms with E-state index in [9.17, 15) is 13.2 Å². The van der Waals surface area contributed by atoms with Gasteiger partial charge in [-0.05, 0) is 45.1 Å². The monoisotopic (exact) mass is 388 g/mol. The van der Waals surface area contributed by atoms with Crippen molar-refractivity contribution in [3.63, 3.8) is 0 Å². The first-order chi connectivity index (χ1) is 12.4. The second-order valence-electron chi connectivity index (χ2n) is 7.73. The van der Waals surface area contributed by atoms with Crippen molar-refractivity contribution >= 4 is 16.1 Å². The average molecular weight is 389 g/mol. The molecule has 0 bridgehead atoms. The molecule has 2 atom stereocenters. The molecule has 0 aliphatic carbocycles. The SMILES string of the molecule is CC[C@@H]1CCCCN1CCCNC(=O)[C@H]1CCCN(S(=O)(=O)N(C)C)C1. The van der Waals surface area contributed by atoms with E-state index in [1.165, 1.54) is 54.9 Å². The Morgan fingerprint density at radius 1 is 1.15 bits per heavy atom. The zero-order valence-electron chi connectivity index (χ0n) is 16.6. The summed E-state index contributed by atoms with van der Waals surface area (Å²) in [4.78, 5) is 15.0. The first-order valence-electron chi connectivity index (χ1n) is 10.1. The number of carbonyl (C=O) groups is 1. The summed E-state index contributed by atoms with van der Waals surface area (Å²) in [5.74, 6) is -0.244. The largest absolute Gasteiger partial charge is 0.356 e. The van der Waals surface area contributed by atoms with Crippen molar-refractivity contribution in [2.45, 2.75) is 57.9 Å². The lowest BCUT2D eigenvalue weighted by Crippen LogP contribution is -2.49. The van der Waals surface area contributed by atoms with Crippen molar-refractivity contribution in [1.82, 2.24) is 18.8 Å². The molecule has 8 heteroatoms. The summed E-state index contributed by atoms with van der Waals surface area (Å²) in [6.07, 6.45) is 7.55. The lowest BCUT2D eigenvalue weighted by atomic mass is 9.98. The third-order valence-electron chi connectivity index (χ3n) is 5.68. The molecule has 0 spiro atoms. The fourth-order valence-electron chi connectivity index (χ4n) is 4.05. The van der Waals surface area contributed by atoms with E-state index in [-0.39, 0.29) is 18.4 Å². The first-order valence-corrected chi connectivity index (χ1v) is 11.4. The third kappa shape index (κ3) is 5.65. The van der Waals surface area contributed by atoms with Gasteiger partial charge in [0.25, 0.3) is 10.2 Å². The summed E-state index contributed by atoms with van der Waals surface area (Å²) in [5, 5.41) is 3.03. The Labute approximate surface area is 159 Å². The van der Waals surface area contributed by atoms with Gasteiger partial charge < -0.3 is 10.2 Å². The molecular weight excluding hydrogens is 352 g/mol. The van der Waals surface area contributed by atoms with Crippen LogP contribution in [0.15, 0.2) is 0 Å². The number of carbonyl (C=O) groups excluding carboxylic acids is 1. The van der Waals surface area contributed by atoms with Crippen LogP contribution in [-0.2, 0) is 15.0 Å². The molecule has 0 saturated carbocycles. The van der Waals surface area contributed by atoms with Crippen molar-refractivity contribution in [2.24, 2.45) is 5.92 Å². The van der Waals surface area contributed by atoms with Crippen LogP contribution in [0.4, 0.5) is 0 Å². The van der Waals surface area contributed by atoms with Gasteiger partial charge in [0.2, 0.25) is 5.91 Å². The van der Waals surface area contributed by atoms with Crippen LogP contribution in [-0.4, -0.2) is 80.7 Å². The maximum Gasteiger partial charge on any atom is 0.281 e. The van der Waals surface area contributed by atoms with Gasteiger partial charge in [-0.3, -0.25) is 4.79 Å². The van der Waals surface area contributed by atoms with Gasteiger partial charge in [-0.25, -0.2) is 0 Å². The fraction of sp³-hybridized carbons (Fsp3) is 0.944. The molecule has 1 amide bonds. The van der Waals surface area contributed by atoms with Crippen LogP contribution < -0.4 is 5.32 Å². The Hall–Kier alpha value is -0.700. The van der Waals surface area contributed by atoms with E-state index in [1.807, 2.05) is 0 Å². The Morgan fingerprint density at radius 3 is 2.62 bits per heavy atom. The zero-order chi connectivity index (χ0) is 19.2. The Bertz CT molecular complexity index is 553. The Morgan fingerprint density at radius 2 is 1.92 bits per heavy atom. The molecule has 26 heavy (non-hydrogen) atoms. The van der Waals surface area contributed by atoms with Crippen molar-refractivity contribution in [3.05, 3.63) is 0 Å². The summed E-state index contributed by atoms with van der Waals surface area (Å²) in [6, 6.07) is 0.697. The summed E-state index contributed by atoms with van der Waals surface area (Å²) in [6.45, 7) is 5.91. The molecule has 2 saturated heterocycles. The van der Waals surface area contributed by atoms with Crippen LogP contribution in [0.1, 0.15) is 51.9 Å². The molecule has 1 N–H and O–H groups in total. The second-order valence-corrected chi connectivity index (χ2v) is 9.87. The normalized spacial score (nSPS) is 26.2. The molecular formula is C18H36N4O3S. The molecule has 0 aromatic heterocycles. The standard InChI is InChI=1S/C18H36N4O3S/c1-4-17-10-5-6-12-21(17)13-8-11-19-18(23)16-9-7-14-22(15-16)26(24,25)20(2)3/h16-17H,4-15H2,1-3H3,(H,19,23)/t16-,17+/m0/s1. The van der Waals surface area contributed by atoms with Gasteiger partial charge in [-0.2, -0.15) is 17.0 Å². The maximum absolute atomic E-state index is 12.5. The van der Waals surface area contributed by atoms with Crippen LogP contribution in [0.25, 0.3) is 0 Å². The van der Waals surface area contributed by atoms with E-state index in [4.69, 9.17) is 0 Å². The van der Waals surface area contributed by atoms with Gasteiger partial charge in [-0.15, -0.1) is 0 Å². The van der Waals surface area contributed by atoms with Gasteiger partial charge in [-0.1, -0.05) is 13.3 Å². The highest BCUT2D eigenvalue weighted by Gasteiger charge is 2.33. The van der Waals surface area contributed by atoms with E-state index in [0.29, 0.717) is 19.1 Å². The first kappa shape index (κ1) is 21.6. The van der Waals surface area contributed by atoms with E-state index in [0.717, 1.165) is 25.8 Å². The van der Waals surface area contributed by atoms with E-state index in [2.05, 4.69) is 17.1 Å². The van der Waals surface area contributed by atoms with Crippen LogP contribution >= 0.6 is 0 Å². The average Bonchev–Trinajstić information content (AvgIpc) is 2.65. The predicted octanol–water partition coefficient (Wildman–Crippen LogP) is 1.28. The summed E-state index contributed by atoms with van der Waals surface area (Å²) in [7, 11) is -0.373. The number of nitrogens with zero attached hydrogens (tertiary/aromatic N) is 3. The molecule has 7 nitrogen and oxygen atoms in total. The van der Waals surface area contributed by atoms with Gasteiger partial charge >= 0.3 is 0 Å². The van der Waals surface area contributed by atoms with Crippen molar-refractivity contribution < 1.29 is 13.2 Å². The molecule has 0 unspecified atom stereocenters. The van der Waals surface area contributed by atoms with Crippen LogP contribution in [0.2, 0.25) is 0 Å². The Kier molecular flexibility index (Phi) is 8.32. The van der Waals surface area contributed by atoms with E-state index in [1.54, 1.807) is 0 Å². The minimum absolute atomic E-state index is 0.00524. The molecule has 2 aliphatic heterocycles. The molecule has 2 aliphatic rings. The molecule has 2 rings (SSSR count). The minimum atomic E-state index is -3.44. The second kappa shape index (κ2) is 10.0. The highest BCUT2D eigenvalue weighted by molar-refractivity contribution is 7.86. The predicted molar refractivity (Wildman–Crippen MR) is 104 cm³/mol. The van der Waals surface area contributed by atoms with Gasteiger partial charge in [0.1, 0.15) is 0 Å². The van der Waals surface area contributed by atoms with Crippen LogP contribution in [0.5, 0.6) is 0 Å². The van der Waals surface area contributed by atoms with Crippen molar-refractivity contribution in [2.75, 3.05) is 46.8 Å². The molecule has 2 fully saturated rings. The lowest BCUT2D eigenvalue weighted by Gasteiger charge is -2.35. The summed E-state index contributed by atoms with van der Waals surface area (Å²) < 4.78 is 27.2. The quantitative estimate of drug-likeness (QED) is 0.636. The summed E-state index contributed by atoms with van der Waals surface area (Å²) >= 11 is 0. The number of nitrogens with one attached hydrogen (secondary N) is 1. The topological polar surface area (TPSA) is 73.0 Å². The molecule has 152 valence electrons. The number of piperidine rings is 2. The maximum atomic E-state index is 12.5. The number of amides is 1. The number of rotatable bonds is 8. The lowest BCUT2D eigenvalue weighted by molar-refractivity contribution is -0.126. The highest BCUT2D eigenvalue weighted by atomic mass is 32.2. The number of likely N-dealkylation sites (tertiary alicyclic amines) is 1. The minimum Gasteiger partial charge on any atom is -0.356 e. The summed E-state index contributed by atoms with van der Waals surface area (Å²) in [5.41, 5.74) is 0. The van der Waals surface area contributed by atoms with Crippen LogP contribution in [0.3, 0.4) is 0 Å². The van der Waals surface area contributed by atoms with Crippen molar-refractivity contribution in [1.29, 1.82) is 0 Å². The number of hydrogen-bond donors (Lipinski definition) is 1. The molecule has 0 aromatic rings. The van der Waals surface area contributed by atoms with E-state index < -0.39 is 10.2 Å². The third-order valence-corrected chi connectivity index (χ3v) is 7.59. The highest BCUT2D eigenvalue weighted by Crippen LogP contribution is 2.21. The zero-order valence-corrected chi connectivity index (χ0v) is 17.4. The van der Waals surface area contributed by atoms with Crippen molar-refractivity contribution in [3.8, 4) is 0 Å². The van der Waals surface area contributed by atoms with Gasteiger partial charge in [0.15, 0.2) is 0 Å².